The fraction of sp³-hybridized carbons (Fsp3) is 0.125. The standard InChI is InChI=1S/C16H15BrN2O2S/c1-2-21-14-9-12(17)8-13(10-14)18-16(22)19-15(20)11-6-4-3-5-7-11/h3-10H,2H2,1H3,(H2,18,19,20,22). The van der Waals surface area contributed by atoms with Crippen molar-refractivity contribution in [1.82, 2.24) is 5.32 Å². The van der Waals surface area contributed by atoms with Crippen molar-refractivity contribution in [2.45, 2.75) is 6.92 Å². The minimum absolute atomic E-state index is 0.231. The first-order valence-electron chi connectivity index (χ1n) is 6.69. The second-order valence-corrected chi connectivity index (χ2v) is 5.71. The molecule has 4 nitrogen and oxygen atoms in total. The van der Waals surface area contributed by atoms with Gasteiger partial charge in [0.25, 0.3) is 5.91 Å². The predicted octanol–water partition coefficient (Wildman–Crippen LogP) is 3.97. The van der Waals surface area contributed by atoms with Gasteiger partial charge in [0, 0.05) is 21.8 Å². The topological polar surface area (TPSA) is 50.4 Å². The molecule has 114 valence electrons. The number of ether oxygens (including phenoxy) is 1. The molecular weight excluding hydrogens is 364 g/mol. The second-order valence-electron chi connectivity index (χ2n) is 4.38. The summed E-state index contributed by atoms with van der Waals surface area (Å²) in [6.07, 6.45) is 0. The number of rotatable bonds is 4. The van der Waals surface area contributed by atoms with E-state index in [1.807, 2.05) is 31.2 Å². The number of benzene rings is 2. The average Bonchev–Trinajstić information content (AvgIpc) is 2.47. The highest BCUT2D eigenvalue weighted by Crippen LogP contribution is 2.24. The highest BCUT2D eigenvalue weighted by atomic mass is 79.9. The largest absolute Gasteiger partial charge is 0.494 e. The molecule has 0 bridgehead atoms. The molecule has 0 radical (unpaired) electrons. The second kappa shape index (κ2) is 7.91. The van der Waals surface area contributed by atoms with Gasteiger partial charge in [0.1, 0.15) is 5.75 Å². The quantitative estimate of drug-likeness (QED) is 0.790. The number of nitrogens with one attached hydrogen (secondary N) is 2. The van der Waals surface area contributed by atoms with Gasteiger partial charge in [0.2, 0.25) is 0 Å². The van der Waals surface area contributed by atoms with Crippen molar-refractivity contribution < 1.29 is 9.53 Å². The van der Waals surface area contributed by atoms with Crippen LogP contribution in [0.4, 0.5) is 5.69 Å². The number of hydrogen-bond donors (Lipinski definition) is 2. The van der Waals surface area contributed by atoms with Crippen molar-refractivity contribution in [1.29, 1.82) is 0 Å². The molecule has 0 aliphatic heterocycles. The number of thiocarbonyl (C=S) groups is 1. The molecule has 0 atom stereocenters. The van der Waals surface area contributed by atoms with Gasteiger partial charge in [0.15, 0.2) is 5.11 Å². The molecule has 22 heavy (non-hydrogen) atoms. The van der Waals surface area contributed by atoms with E-state index in [4.69, 9.17) is 17.0 Å². The highest BCUT2D eigenvalue weighted by Gasteiger charge is 2.08. The SMILES string of the molecule is CCOc1cc(Br)cc(NC(=S)NC(=O)c2ccccc2)c1. The van der Waals surface area contributed by atoms with Crippen LogP contribution in [0.5, 0.6) is 5.75 Å². The smallest absolute Gasteiger partial charge is 0.257 e. The van der Waals surface area contributed by atoms with Gasteiger partial charge in [0.05, 0.1) is 6.61 Å². The highest BCUT2D eigenvalue weighted by molar-refractivity contribution is 9.10. The van der Waals surface area contributed by atoms with Gasteiger partial charge < -0.3 is 10.1 Å². The van der Waals surface area contributed by atoms with E-state index in [2.05, 4.69) is 26.6 Å². The van der Waals surface area contributed by atoms with Gasteiger partial charge in [-0.1, -0.05) is 34.1 Å². The van der Waals surface area contributed by atoms with Crippen LogP contribution in [0.15, 0.2) is 53.0 Å². The maximum Gasteiger partial charge on any atom is 0.257 e. The maximum absolute atomic E-state index is 12.0. The van der Waals surface area contributed by atoms with Crippen LogP contribution in [0.1, 0.15) is 17.3 Å². The third kappa shape index (κ3) is 4.82. The number of hydrogen-bond acceptors (Lipinski definition) is 3. The van der Waals surface area contributed by atoms with Gasteiger partial charge in [-0.05, 0) is 43.4 Å². The van der Waals surface area contributed by atoms with Gasteiger partial charge in [-0.25, -0.2) is 0 Å². The normalized spacial score (nSPS) is 9.91. The van der Waals surface area contributed by atoms with E-state index in [9.17, 15) is 4.79 Å². The first kappa shape index (κ1) is 16.5. The molecular formula is C16H15BrN2O2S. The summed E-state index contributed by atoms with van der Waals surface area (Å²) in [7, 11) is 0. The minimum Gasteiger partial charge on any atom is -0.494 e. The van der Waals surface area contributed by atoms with E-state index in [1.54, 1.807) is 24.3 Å². The maximum atomic E-state index is 12.0. The number of carbonyl (C=O) groups excluding carboxylic acids is 1. The van der Waals surface area contributed by atoms with Crippen molar-refractivity contribution in [3.05, 3.63) is 58.6 Å². The molecule has 0 saturated heterocycles. The Morgan fingerprint density at radius 1 is 1.23 bits per heavy atom. The fourth-order valence-electron chi connectivity index (χ4n) is 1.81. The lowest BCUT2D eigenvalue weighted by molar-refractivity contribution is 0.0977. The molecule has 0 saturated carbocycles. The molecule has 0 aliphatic carbocycles. The summed E-state index contributed by atoms with van der Waals surface area (Å²) >= 11 is 8.57. The monoisotopic (exact) mass is 378 g/mol. The van der Waals surface area contributed by atoms with Gasteiger partial charge in [-0.2, -0.15) is 0 Å². The Balaban J connectivity index is 2.01. The van der Waals surface area contributed by atoms with Gasteiger partial charge in [-0.15, -0.1) is 0 Å². The van der Waals surface area contributed by atoms with Crippen LogP contribution in [0.2, 0.25) is 0 Å². The Morgan fingerprint density at radius 3 is 2.64 bits per heavy atom. The molecule has 2 rings (SSSR count). The van der Waals surface area contributed by atoms with E-state index in [-0.39, 0.29) is 11.0 Å². The van der Waals surface area contributed by atoms with E-state index in [0.717, 1.165) is 15.9 Å². The molecule has 2 aromatic rings. The van der Waals surface area contributed by atoms with E-state index in [0.29, 0.717) is 12.2 Å². The molecule has 2 aromatic carbocycles. The summed E-state index contributed by atoms with van der Waals surface area (Å²) in [5.41, 5.74) is 1.28. The van der Waals surface area contributed by atoms with Crippen LogP contribution in [-0.4, -0.2) is 17.6 Å². The van der Waals surface area contributed by atoms with Crippen molar-refractivity contribution in [3.63, 3.8) is 0 Å². The zero-order valence-electron chi connectivity index (χ0n) is 11.9. The lowest BCUT2D eigenvalue weighted by Gasteiger charge is -2.12. The van der Waals surface area contributed by atoms with Crippen LogP contribution in [0.3, 0.4) is 0 Å². The lowest BCUT2D eigenvalue weighted by atomic mass is 10.2. The van der Waals surface area contributed by atoms with Gasteiger partial charge >= 0.3 is 0 Å². The Bertz CT molecular complexity index is 677. The third-order valence-corrected chi connectivity index (χ3v) is 3.37. The molecule has 1 amide bonds. The molecule has 6 heteroatoms. The average molecular weight is 379 g/mol. The minimum atomic E-state index is -0.252. The van der Waals surface area contributed by atoms with Crippen LogP contribution < -0.4 is 15.4 Å². The summed E-state index contributed by atoms with van der Waals surface area (Å²) in [5.74, 6) is 0.467. The van der Waals surface area contributed by atoms with E-state index < -0.39 is 0 Å². The van der Waals surface area contributed by atoms with Gasteiger partial charge in [-0.3, -0.25) is 10.1 Å². The molecule has 2 N–H and O–H groups in total. The zero-order valence-corrected chi connectivity index (χ0v) is 14.3. The molecule has 0 spiro atoms. The van der Waals surface area contributed by atoms with Crippen molar-refractivity contribution >= 4 is 44.9 Å². The van der Waals surface area contributed by atoms with Crippen molar-refractivity contribution in [3.8, 4) is 5.75 Å². The zero-order chi connectivity index (χ0) is 15.9. The third-order valence-electron chi connectivity index (χ3n) is 2.70. The Labute approximate surface area is 143 Å². The summed E-state index contributed by atoms with van der Waals surface area (Å²) in [4.78, 5) is 12.0. The molecule has 0 unspecified atom stereocenters. The predicted molar refractivity (Wildman–Crippen MR) is 95.4 cm³/mol. The van der Waals surface area contributed by atoms with Crippen molar-refractivity contribution in [2.24, 2.45) is 0 Å². The van der Waals surface area contributed by atoms with E-state index in [1.165, 1.54) is 0 Å². The van der Waals surface area contributed by atoms with E-state index >= 15 is 0 Å². The molecule has 0 heterocycles. The number of anilines is 1. The Hall–Kier alpha value is -1.92. The number of carbonyl (C=O) groups is 1. The molecule has 0 aromatic heterocycles. The van der Waals surface area contributed by atoms with Crippen LogP contribution in [-0.2, 0) is 0 Å². The summed E-state index contributed by atoms with van der Waals surface area (Å²) in [6.45, 7) is 2.49. The Kier molecular flexibility index (Phi) is 5.91. The molecule has 0 aliphatic rings. The molecule has 0 fully saturated rings. The fourth-order valence-corrected chi connectivity index (χ4v) is 2.49. The number of amides is 1. The Morgan fingerprint density at radius 2 is 1.95 bits per heavy atom. The first-order valence-corrected chi connectivity index (χ1v) is 7.89. The first-order chi connectivity index (χ1) is 10.6. The lowest BCUT2D eigenvalue weighted by Crippen LogP contribution is -2.34. The number of halogens is 1. The van der Waals surface area contributed by atoms with Crippen LogP contribution in [0, 0.1) is 0 Å². The van der Waals surface area contributed by atoms with Crippen LogP contribution in [0.25, 0.3) is 0 Å². The summed E-state index contributed by atoms with van der Waals surface area (Å²) < 4.78 is 6.32. The van der Waals surface area contributed by atoms with Crippen LogP contribution >= 0.6 is 28.1 Å². The summed E-state index contributed by atoms with van der Waals surface area (Å²) in [5, 5.41) is 5.84. The summed E-state index contributed by atoms with van der Waals surface area (Å²) in [6, 6.07) is 14.4. The van der Waals surface area contributed by atoms with Crippen molar-refractivity contribution in [2.75, 3.05) is 11.9 Å².